The van der Waals surface area contributed by atoms with Crippen LogP contribution in [0.1, 0.15) is 31.9 Å². The maximum absolute atomic E-state index is 11.5. The van der Waals surface area contributed by atoms with E-state index in [9.17, 15) is 9.59 Å². The fourth-order valence-electron chi connectivity index (χ4n) is 1.62. The van der Waals surface area contributed by atoms with Crippen LogP contribution in [0.4, 0.5) is 0 Å². The Bertz CT molecular complexity index is 424. The lowest BCUT2D eigenvalue weighted by molar-refractivity contribution is -0.153. The van der Waals surface area contributed by atoms with Crippen LogP contribution in [0.5, 0.6) is 5.75 Å². The van der Waals surface area contributed by atoms with Gasteiger partial charge in [-0.2, -0.15) is 0 Å². The highest BCUT2D eigenvalue weighted by atomic mass is 16.6. The van der Waals surface area contributed by atoms with E-state index in [1.54, 1.807) is 38.3 Å². The standard InChI is InChI=1S/C14H18O5/c1-4-18-14(16)9-13(19-10(2)15)11-5-7-12(17-3)8-6-11/h5-8,13H,4,9H2,1-3H3. The van der Waals surface area contributed by atoms with Crippen molar-refractivity contribution in [2.45, 2.75) is 26.4 Å². The molecule has 0 spiro atoms. The quantitative estimate of drug-likeness (QED) is 0.739. The zero-order valence-electron chi connectivity index (χ0n) is 11.3. The van der Waals surface area contributed by atoms with Crippen LogP contribution in [0.25, 0.3) is 0 Å². The SMILES string of the molecule is CCOC(=O)CC(OC(C)=O)c1ccc(OC)cc1. The van der Waals surface area contributed by atoms with Crippen LogP contribution in [0, 0.1) is 0 Å². The van der Waals surface area contributed by atoms with Crippen molar-refractivity contribution >= 4 is 11.9 Å². The average Bonchev–Trinajstić information content (AvgIpc) is 2.38. The molecule has 19 heavy (non-hydrogen) atoms. The molecular weight excluding hydrogens is 248 g/mol. The van der Waals surface area contributed by atoms with Gasteiger partial charge in [-0.3, -0.25) is 9.59 Å². The van der Waals surface area contributed by atoms with Crippen molar-refractivity contribution in [1.29, 1.82) is 0 Å². The van der Waals surface area contributed by atoms with Crippen molar-refractivity contribution in [1.82, 2.24) is 0 Å². The number of rotatable bonds is 6. The maximum atomic E-state index is 11.5. The van der Waals surface area contributed by atoms with Crippen molar-refractivity contribution in [3.8, 4) is 5.75 Å². The summed E-state index contributed by atoms with van der Waals surface area (Å²) < 4.78 is 15.1. The van der Waals surface area contributed by atoms with Crippen LogP contribution >= 0.6 is 0 Å². The number of hydrogen-bond donors (Lipinski definition) is 0. The lowest BCUT2D eigenvalue weighted by Gasteiger charge is -2.16. The van der Waals surface area contributed by atoms with Crippen molar-refractivity contribution in [2.24, 2.45) is 0 Å². The molecule has 1 aromatic carbocycles. The second kappa shape index (κ2) is 7.41. The van der Waals surface area contributed by atoms with Crippen LogP contribution in [0.2, 0.25) is 0 Å². The Labute approximate surface area is 112 Å². The molecule has 0 saturated heterocycles. The minimum atomic E-state index is -0.637. The molecule has 0 radical (unpaired) electrons. The first kappa shape index (κ1) is 15.0. The summed E-state index contributed by atoms with van der Waals surface area (Å²) in [5, 5.41) is 0. The predicted molar refractivity (Wildman–Crippen MR) is 68.8 cm³/mol. The number of carbonyl (C=O) groups excluding carboxylic acids is 2. The molecular formula is C14H18O5. The van der Waals surface area contributed by atoms with E-state index in [4.69, 9.17) is 14.2 Å². The molecule has 5 nitrogen and oxygen atoms in total. The molecule has 0 bridgehead atoms. The Kier molecular flexibility index (Phi) is 5.85. The summed E-state index contributed by atoms with van der Waals surface area (Å²) in [6.07, 6.45) is -0.637. The Morgan fingerprint density at radius 1 is 1.21 bits per heavy atom. The van der Waals surface area contributed by atoms with Gasteiger partial charge in [0.2, 0.25) is 0 Å². The highest BCUT2D eigenvalue weighted by Gasteiger charge is 2.19. The van der Waals surface area contributed by atoms with Gasteiger partial charge in [0.05, 0.1) is 20.1 Å². The number of ether oxygens (including phenoxy) is 3. The Hall–Kier alpha value is -2.04. The van der Waals surface area contributed by atoms with Gasteiger partial charge in [-0.25, -0.2) is 0 Å². The van der Waals surface area contributed by atoms with Gasteiger partial charge >= 0.3 is 11.9 Å². The van der Waals surface area contributed by atoms with E-state index >= 15 is 0 Å². The number of benzene rings is 1. The van der Waals surface area contributed by atoms with E-state index in [1.807, 2.05) is 0 Å². The van der Waals surface area contributed by atoms with Crippen LogP contribution in [-0.4, -0.2) is 25.7 Å². The van der Waals surface area contributed by atoms with E-state index < -0.39 is 18.0 Å². The van der Waals surface area contributed by atoms with Crippen molar-refractivity contribution in [2.75, 3.05) is 13.7 Å². The van der Waals surface area contributed by atoms with Gasteiger partial charge in [-0.1, -0.05) is 12.1 Å². The van der Waals surface area contributed by atoms with E-state index in [0.717, 1.165) is 5.56 Å². The molecule has 1 aromatic rings. The molecule has 0 aromatic heterocycles. The summed E-state index contributed by atoms with van der Waals surface area (Å²) in [4.78, 5) is 22.6. The molecule has 1 rings (SSSR count). The smallest absolute Gasteiger partial charge is 0.309 e. The first-order chi connectivity index (χ1) is 9.06. The lowest BCUT2D eigenvalue weighted by Crippen LogP contribution is -2.15. The van der Waals surface area contributed by atoms with Crippen molar-refractivity contribution in [3.05, 3.63) is 29.8 Å². The molecule has 0 N–H and O–H groups in total. The highest BCUT2D eigenvalue weighted by molar-refractivity contribution is 5.72. The molecule has 5 heteroatoms. The molecule has 0 saturated carbocycles. The Balaban J connectivity index is 2.82. The van der Waals surface area contributed by atoms with E-state index in [2.05, 4.69) is 0 Å². The third-order valence-corrected chi connectivity index (χ3v) is 2.45. The average molecular weight is 266 g/mol. The third kappa shape index (κ3) is 4.99. The molecule has 0 heterocycles. The summed E-state index contributed by atoms with van der Waals surface area (Å²) >= 11 is 0. The second-order valence-electron chi connectivity index (χ2n) is 3.88. The zero-order valence-corrected chi connectivity index (χ0v) is 11.3. The normalized spacial score (nSPS) is 11.5. The van der Waals surface area contributed by atoms with Gasteiger partial charge < -0.3 is 14.2 Å². The summed E-state index contributed by atoms with van der Waals surface area (Å²) in [6.45, 7) is 3.34. The molecule has 104 valence electrons. The van der Waals surface area contributed by atoms with E-state index in [1.165, 1.54) is 6.92 Å². The largest absolute Gasteiger partial charge is 0.497 e. The van der Waals surface area contributed by atoms with Gasteiger partial charge in [-0.15, -0.1) is 0 Å². The Morgan fingerprint density at radius 2 is 1.84 bits per heavy atom. The van der Waals surface area contributed by atoms with E-state index in [-0.39, 0.29) is 6.42 Å². The zero-order chi connectivity index (χ0) is 14.3. The van der Waals surface area contributed by atoms with Gasteiger partial charge in [0.25, 0.3) is 0 Å². The third-order valence-electron chi connectivity index (χ3n) is 2.45. The topological polar surface area (TPSA) is 61.8 Å². The van der Waals surface area contributed by atoms with Gasteiger partial charge in [0.15, 0.2) is 0 Å². The highest BCUT2D eigenvalue weighted by Crippen LogP contribution is 2.24. The predicted octanol–water partition coefficient (Wildman–Crippen LogP) is 2.25. The van der Waals surface area contributed by atoms with Crippen molar-refractivity contribution in [3.63, 3.8) is 0 Å². The minimum Gasteiger partial charge on any atom is -0.497 e. The van der Waals surface area contributed by atoms with Crippen LogP contribution in [0.3, 0.4) is 0 Å². The molecule has 0 aliphatic rings. The Morgan fingerprint density at radius 3 is 2.32 bits per heavy atom. The number of carbonyl (C=O) groups is 2. The maximum Gasteiger partial charge on any atom is 0.309 e. The van der Waals surface area contributed by atoms with E-state index in [0.29, 0.717) is 12.4 Å². The lowest BCUT2D eigenvalue weighted by atomic mass is 10.1. The molecule has 0 aliphatic carbocycles. The molecule has 1 unspecified atom stereocenters. The summed E-state index contributed by atoms with van der Waals surface area (Å²) in [7, 11) is 1.57. The molecule has 0 aliphatic heterocycles. The first-order valence-electron chi connectivity index (χ1n) is 6.03. The fourth-order valence-corrected chi connectivity index (χ4v) is 1.62. The minimum absolute atomic E-state index is 0.000249. The molecule has 0 amide bonds. The molecule has 0 fully saturated rings. The summed E-state index contributed by atoms with van der Waals surface area (Å²) in [6, 6.07) is 7.01. The van der Waals surface area contributed by atoms with Crippen LogP contribution in [-0.2, 0) is 19.1 Å². The summed E-state index contributed by atoms with van der Waals surface area (Å²) in [5.74, 6) is -0.142. The monoisotopic (exact) mass is 266 g/mol. The molecule has 1 atom stereocenters. The second-order valence-corrected chi connectivity index (χ2v) is 3.88. The number of esters is 2. The van der Waals surface area contributed by atoms with Crippen molar-refractivity contribution < 1.29 is 23.8 Å². The van der Waals surface area contributed by atoms with Gasteiger partial charge in [0.1, 0.15) is 11.9 Å². The number of methoxy groups -OCH3 is 1. The van der Waals surface area contributed by atoms with Gasteiger partial charge in [0, 0.05) is 6.92 Å². The first-order valence-corrected chi connectivity index (χ1v) is 6.03. The fraction of sp³-hybridized carbons (Fsp3) is 0.429. The summed E-state index contributed by atoms with van der Waals surface area (Å²) in [5.41, 5.74) is 0.726. The van der Waals surface area contributed by atoms with Gasteiger partial charge in [-0.05, 0) is 24.6 Å². The van der Waals surface area contributed by atoms with Crippen LogP contribution < -0.4 is 4.74 Å². The number of hydrogen-bond acceptors (Lipinski definition) is 5. The van der Waals surface area contributed by atoms with Crippen LogP contribution in [0.15, 0.2) is 24.3 Å².